The van der Waals surface area contributed by atoms with Gasteiger partial charge in [0.1, 0.15) is 0 Å². The second-order valence-electron chi connectivity index (χ2n) is 5.91. The number of carboxylic acid groups (broad SMARTS) is 1. The van der Waals surface area contributed by atoms with Crippen molar-refractivity contribution in [2.45, 2.75) is 59.3 Å². The second kappa shape index (κ2) is 5.72. The van der Waals surface area contributed by atoms with Crippen molar-refractivity contribution >= 4 is 11.9 Å². The Morgan fingerprint density at radius 3 is 2.17 bits per heavy atom. The molecule has 1 aliphatic rings. The third kappa shape index (κ3) is 3.24. The van der Waals surface area contributed by atoms with E-state index in [1.807, 2.05) is 13.8 Å². The molecule has 0 heterocycles. The molecule has 1 amide bonds. The van der Waals surface area contributed by atoms with Crippen LogP contribution in [0.5, 0.6) is 0 Å². The Hall–Kier alpha value is -1.06. The number of rotatable bonds is 7. The quantitative estimate of drug-likeness (QED) is 0.734. The zero-order chi connectivity index (χ0) is 13.8. The van der Waals surface area contributed by atoms with Crippen LogP contribution < -0.4 is 5.32 Å². The van der Waals surface area contributed by atoms with Crippen LogP contribution in [0.15, 0.2) is 0 Å². The van der Waals surface area contributed by atoms with E-state index in [1.165, 1.54) is 6.42 Å². The number of amides is 1. The average molecular weight is 255 g/mol. The molecular weight excluding hydrogens is 230 g/mol. The summed E-state index contributed by atoms with van der Waals surface area (Å²) >= 11 is 0. The van der Waals surface area contributed by atoms with E-state index in [0.717, 1.165) is 12.8 Å². The van der Waals surface area contributed by atoms with Gasteiger partial charge in [-0.15, -0.1) is 0 Å². The van der Waals surface area contributed by atoms with E-state index >= 15 is 0 Å². The Kier molecular flexibility index (Phi) is 4.77. The third-order valence-corrected chi connectivity index (χ3v) is 4.58. The van der Waals surface area contributed by atoms with Crippen molar-refractivity contribution in [3.63, 3.8) is 0 Å². The summed E-state index contributed by atoms with van der Waals surface area (Å²) in [5, 5.41) is 12.2. The minimum Gasteiger partial charge on any atom is -0.481 e. The van der Waals surface area contributed by atoms with Crippen molar-refractivity contribution in [1.82, 2.24) is 5.32 Å². The number of carboxylic acids is 1. The lowest BCUT2D eigenvalue weighted by Gasteiger charge is -2.38. The lowest BCUT2D eigenvalue weighted by Crippen LogP contribution is -2.43. The smallest absolute Gasteiger partial charge is 0.310 e. The van der Waals surface area contributed by atoms with Crippen LogP contribution in [-0.4, -0.2) is 23.5 Å². The van der Waals surface area contributed by atoms with Gasteiger partial charge in [-0.1, -0.05) is 27.2 Å². The monoisotopic (exact) mass is 255 g/mol. The van der Waals surface area contributed by atoms with Crippen molar-refractivity contribution in [2.75, 3.05) is 6.54 Å². The molecule has 0 spiro atoms. The van der Waals surface area contributed by atoms with E-state index in [4.69, 9.17) is 0 Å². The highest BCUT2D eigenvalue weighted by Gasteiger charge is 2.38. The van der Waals surface area contributed by atoms with Crippen LogP contribution in [-0.2, 0) is 9.59 Å². The summed E-state index contributed by atoms with van der Waals surface area (Å²) in [6, 6.07) is 0. The first kappa shape index (κ1) is 15.0. The number of carbonyl (C=O) groups is 2. The predicted molar refractivity (Wildman–Crippen MR) is 70.2 cm³/mol. The molecule has 4 nitrogen and oxygen atoms in total. The lowest BCUT2D eigenvalue weighted by atomic mass is 9.70. The van der Waals surface area contributed by atoms with Crippen molar-refractivity contribution in [2.24, 2.45) is 10.8 Å². The maximum Gasteiger partial charge on any atom is 0.310 e. The Labute approximate surface area is 109 Å². The Morgan fingerprint density at radius 2 is 1.83 bits per heavy atom. The number of aliphatic carboxylic acids is 1. The minimum atomic E-state index is -0.898. The van der Waals surface area contributed by atoms with Crippen LogP contribution >= 0.6 is 0 Å². The van der Waals surface area contributed by atoms with Crippen LogP contribution in [0.1, 0.15) is 59.3 Å². The largest absolute Gasteiger partial charge is 0.481 e. The van der Waals surface area contributed by atoms with Crippen molar-refractivity contribution < 1.29 is 14.7 Å². The molecule has 0 aromatic heterocycles. The first-order valence-corrected chi connectivity index (χ1v) is 6.87. The zero-order valence-electron chi connectivity index (χ0n) is 11.7. The fraction of sp³-hybridized carbons (Fsp3) is 0.857. The van der Waals surface area contributed by atoms with Gasteiger partial charge in [0.25, 0.3) is 0 Å². The molecule has 0 aromatic carbocycles. The van der Waals surface area contributed by atoms with Crippen molar-refractivity contribution in [3.05, 3.63) is 0 Å². The second-order valence-corrected chi connectivity index (χ2v) is 5.91. The summed E-state index contributed by atoms with van der Waals surface area (Å²) < 4.78 is 0. The molecule has 0 radical (unpaired) electrons. The first-order valence-electron chi connectivity index (χ1n) is 6.87. The fourth-order valence-electron chi connectivity index (χ4n) is 2.52. The summed E-state index contributed by atoms with van der Waals surface area (Å²) in [7, 11) is 0. The van der Waals surface area contributed by atoms with E-state index in [0.29, 0.717) is 19.4 Å². The average Bonchev–Trinajstić information content (AvgIpc) is 2.30. The maximum atomic E-state index is 11.9. The highest BCUT2D eigenvalue weighted by Crippen LogP contribution is 2.39. The summed E-state index contributed by atoms with van der Waals surface area (Å²) in [6.45, 7) is 6.51. The van der Waals surface area contributed by atoms with Crippen LogP contribution in [0.3, 0.4) is 0 Å². The van der Waals surface area contributed by atoms with Gasteiger partial charge in [-0.3, -0.25) is 9.59 Å². The van der Waals surface area contributed by atoms with Gasteiger partial charge in [0.2, 0.25) is 5.91 Å². The van der Waals surface area contributed by atoms with Crippen LogP contribution in [0.2, 0.25) is 0 Å². The number of carbonyl (C=O) groups excluding carboxylic acids is 1. The number of hydrogen-bond acceptors (Lipinski definition) is 2. The molecular formula is C14H25NO3. The molecule has 1 fully saturated rings. The van der Waals surface area contributed by atoms with E-state index in [-0.39, 0.29) is 17.7 Å². The third-order valence-electron chi connectivity index (χ3n) is 4.58. The molecule has 0 atom stereocenters. The zero-order valence-corrected chi connectivity index (χ0v) is 11.7. The van der Waals surface area contributed by atoms with Gasteiger partial charge in [0.15, 0.2) is 0 Å². The van der Waals surface area contributed by atoms with Gasteiger partial charge >= 0.3 is 5.97 Å². The SMILES string of the molecule is CCC(CC)(CC(=O)NCC1(C)CCC1)C(=O)O. The van der Waals surface area contributed by atoms with Gasteiger partial charge < -0.3 is 10.4 Å². The maximum absolute atomic E-state index is 11.9. The molecule has 104 valence electrons. The van der Waals surface area contributed by atoms with Gasteiger partial charge in [0, 0.05) is 13.0 Å². The van der Waals surface area contributed by atoms with E-state index in [9.17, 15) is 14.7 Å². The normalized spacial score (nSPS) is 17.9. The number of nitrogens with one attached hydrogen (secondary N) is 1. The summed E-state index contributed by atoms with van der Waals surface area (Å²) in [5.74, 6) is -0.994. The summed E-state index contributed by atoms with van der Waals surface area (Å²) in [6.07, 6.45) is 4.60. The van der Waals surface area contributed by atoms with Gasteiger partial charge in [-0.2, -0.15) is 0 Å². The van der Waals surface area contributed by atoms with Gasteiger partial charge in [0.05, 0.1) is 5.41 Å². The summed E-state index contributed by atoms with van der Waals surface area (Å²) in [4.78, 5) is 23.2. The highest BCUT2D eigenvalue weighted by molar-refractivity contribution is 5.84. The van der Waals surface area contributed by atoms with E-state index in [1.54, 1.807) is 0 Å². The van der Waals surface area contributed by atoms with Crippen LogP contribution in [0, 0.1) is 10.8 Å². The topological polar surface area (TPSA) is 66.4 Å². The molecule has 2 N–H and O–H groups in total. The molecule has 0 saturated heterocycles. The van der Waals surface area contributed by atoms with Crippen LogP contribution in [0.25, 0.3) is 0 Å². The Bertz CT molecular complexity index is 317. The molecule has 0 unspecified atom stereocenters. The molecule has 1 rings (SSSR count). The molecule has 0 bridgehead atoms. The van der Waals surface area contributed by atoms with E-state index in [2.05, 4.69) is 12.2 Å². The highest BCUT2D eigenvalue weighted by atomic mass is 16.4. The Morgan fingerprint density at radius 1 is 1.28 bits per heavy atom. The Balaban J connectivity index is 2.49. The standard InChI is InChI=1S/C14H25NO3/c1-4-14(5-2,12(17)18)9-11(16)15-10-13(3)7-6-8-13/h4-10H2,1-3H3,(H,15,16)(H,17,18). The molecule has 4 heteroatoms. The van der Waals surface area contributed by atoms with Crippen molar-refractivity contribution in [1.29, 1.82) is 0 Å². The molecule has 18 heavy (non-hydrogen) atoms. The lowest BCUT2D eigenvalue weighted by molar-refractivity contribution is -0.152. The molecule has 1 saturated carbocycles. The first-order chi connectivity index (χ1) is 8.37. The molecule has 0 aromatic rings. The van der Waals surface area contributed by atoms with Crippen LogP contribution in [0.4, 0.5) is 0 Å². The summed E-state index contributed by atoms with van der Waals surface area (Å²) in [5.41, 5.74) is -0.662. The van der Waals surface area contributed by atoms with E-state index < -0.39 is 11.4 Å². The number of hydrogen-bond donors (Lipinski definition) is 2. The molecule has 0 aliphatic heterocycles. The van der Waals surface area contributed by atoms with Gasteiger partial charge in [-0.25, -0.2) is 0 Å². The van der Waals surface area contributed by atoms with Gasteiger partial charge in [-0.05, 0) is 31.1 Å². The minimum absolute atomic E-state index is 0.0887. The predicted octanol–water partition coefficient (Wildman–Crippen LogP) is 2.57. The fourth-order valence-corrected chi connectivity index (χ4v) is 2.52. The van der Waals surface area contributed by atoms with Crippen molar-refractivity contribution in [3.8, 4) is 0 Å². The molecule has 1 aliphatic carbocycles.